The lowest BCUT2D eigenvalue weighted by Gasteiger charge is -2.24. The van der Waals surface area contributed by atoms with E-state index in [1.54, 1.807) is 12.1 Å². The van der Waals surface area contributed by atoms with Crippen LogP contribution in [-0.2, 0) is 5.60 Å². The van der Waals surface area contributed by atoms with E-state index >= 15 is 0 Å². The Morgan fingerprint density at radius 2 is 2.29 bits per heavy atom. The lowest BCUT2D eigenvalue weighted by Crippen LogP contribution is -2.23. The van der Waals surface area contributed by atoms with Gasteiger partial charge in [0.1, 0.15) is 5.82 Å². The van der Waals surface area contributed by atoms with Crippen molar-refractivity contribution in [2.45, 2.75) is 38.2 Å². The SMILES string of the molecule is CCC1CCC(O)(c2ccc(Br)c(Cl)c2F)C1. The first-order valence-corrected chi connectivity index (χ1v) is 7.01. The highest BCUT2D eigenvalue weighted by atomic mass is 79.9. The minimum absolute atomic E-state index is 0.0517. The molecule has 1 aromatic rings. The third-order valence-electron chi connectivity index (χ3n) is 3.71. The number of halogens is 3. The van der Waals surface area contributed by atoms with Gasteiger partial charge in [-0.2, -0.15) is 0 Å². The van der Waals surface area contributed by atoms with E-state index in [1.165, 1.54) is 0 Å². The Balaban J connectivity index is 2.38. The molecule has 1 aromatic carbocycles. The average Bonchev–Trinajstić information content (AvgIpc) is 2.69. The van der Waals surface area contributed by atoms with Gasteiger partial charge >= 0.3 is 0 Å². The second-order valence-electron chi connectivity index (χ2n) is 4.77. The van der Waals surface area contributed by atoms with Crippen molar-refractivity contribution < 1.29 is 9.50 Å². The van der Waals surface area contributed by atoms with Crippen molar-refractivity contribution in [2.24, 2.45) is 5.92 Å². The van der Waals surface area contributed by atoms with Gasteiger partial charge in [-0.15, -0.1) is 0 Å². The molecular formula is C13H15BrClFO. The summed E-state index contributed by atoms with van der Waals surface area (Å²) in [6.07, 6.45) is 3.20. The van der Waals surface area contributed by atoms with Crippen molar-refractivity contribution >= 4 is 27.5 Å². The van der Waals surface area contributed by atoms with Crippen molar-refractivity contribution in [2.75, 3.05) is 0 Å². The molecule has 1 fully saturated rings. The lowest BCUT2D eigenvalue weighted by molar-refractivity contribution is 0.0362. The number of rotatable bonds is 2. The van der Waals surface area contributed by atoms with E-state index < -0.39 is 11.4 Å². The molecule has 94 valence electrons. The maximum Gasteiger partial charge on any atom is 0.149 e. The van der Waals surface area contributed by atoms with Gasteiger partial charge in [0.25, 0.3) is 0 Å². The second kappa shape index (κ2) is 4.87. The molecule has 1 N–H and O–H groups in total. The zero-order chi connectivity index (χ0) is 12.6. The maximum absolute atomic E-state index is 14.1. The summed E-state index contributed by atoms with van der Waals surface area (Å²) in [6, 6.07) is 3.32. The van der Waals surface area contributed by atoms with Crippen LogP contribution in [0.4, 0.5) is 4.39 Å². The van der Waals surface area contributed by atoms with Gasteiger partial charge in [0.2, 0.25) is 0 Å². The van der Waals surface area contributed by atoms with Crippen molar-refractivity contribution in [3.05, 3.63) is 33.0 Å². The highest BCUT2D eigenvalue weighted by Gasteiger charge is 2.40. The van der Waals surface area contributed by atoms with Crippen LogP contribution in [0, 0.1) is 11.7 Å². The molecule has 1 aliphatic rings. The van der Waals surface area contributed by atoms with Gasteiger partial charge in [-0.3, -0.25) is 0 Å². The molecule has 1 saturated carbocycles. The molecule has 2 unspecified atom stereocenters. The summed E-state index contributed by atoms with van der Waals surface area (Å²) in [5.41, 5.74) is -0.712. The molecule has 0 radical (unpaired) electrons. The number of hydrogen-bond donors (Lipinski definition) is 1. The zero-order valence-electron chi connectivity index (χ0n) is 9.64. The Kier molecular flexibility index (Phi) is 3.81. The Morgan fingerprint density at radius 1 is 1.59 bits per heavy atom. The van der Waals surface area contributed by atoms with Crippen LogP contribution < -0.4 is 0 Å². The van der Waals surface area contributed by atoms with E-state index in [2.05, 4.69) is 22.9 Å². The third-order valence-corrected chi connectivity index (χ3v) is 4.97. The quantitative estimate of drug-likeness (QED) is 0.787. The van der Waals surface area contributed by atoms with E-state index in [-0.39, 0.29) is 5.02 Å². The van der Waals surface area contributed by atoms with Gasteiger partial charge in [-0.1, -0.05) is 31.0 Å². The van der Waals surface area contributed by atoms with Crippen molar-refractivity contribution in [1.82, 2.24) is 0 Å². The standard InChI is InChI=1S/C13H15BrClFO/c1-2-8-5-6-13(17,7-8)9-3-4-10(14)11(15)12(9)16/h3-4,8,17H,2,5-7H2,1H3. The molecule has 0 bridgehead atoms. The van der Waals surface area contributed by atoms with Crippen LogP contribution in [0.5, 0.6) is 0 Å². The minimum atomic E-state index is -1.05. The summed E-state index contributed by atoms with van der Waals surface area (Å²) >= 11 is 9.04. The van der Waals surface area contributed by atoms with Gasteiger partial charge in [0.05, 0.1) is 10.6 Å². The minimum Gasteiger partial charge on any atom is -0.385 e. The predicted octanol–water partition coefficient (Wildman–Crippen LogP) is 4.64. The fourth-order valence-electron chi connectivity index (χ4n) is 2.60. The number of aliphatic hydroxyl groups is 1. The maximum atomic E-state index is 14.1. The van der Waals surface area contributed by atoms with Crippen LogP contribution in [0.3, 0.4) is 0 Å². The first kappa shape index (κ1) is 13.3. The summed E-state index contributed by atoms with van der Waals surface area (Å²) in [5, 5.41) is 10.6. The lowest BCUT2D eigenvalue weighted by atomic mass is 9.90. The first-order chi connectivity index (χ1) is 7.98. The van der Waals surface area contributed by atoms with Crippen LogP contribution in [0.25, 0.3) is 0 Å². The van der Waals surface area contributed by atoms with Crippen LogP contribution in [0.2, 0.25) is 5.02 Å². The highest BCUT2D eigenvalue weighted by Crippen LogP contribution is 2.45. The topological polar surface area (TPSA) is 20.2 Å². The normalized spacial score (nSPS) is 28.6. The van der Waals surface area contributed by atoms with E-state index in [9.17, 15) is 9.50 Å². The van der Waals surface area contributed by atoms with Gasteiger partial charge in [0.15, 0.2) is 0 Å². The van der Waals surface area contributed by atoms with E-state index in [0.717, 1.165) is 12.8 Å². The Bertz CT molecular complexity index is 438. The van der Waals surface area contributed by atoms with Gasteiger partial charge in [-0.25, -0.2) is 4.39 Å². The predicted molar refractivity (Wildman–Crippen MR) is 70.6 cm³/mol. The third kappa shape index (κ3) is 2.38. The molecule has 0 amide bonds. The summed E-state index contributed by atoms with van der Waals surface area (Å²) in [5.74, 6) is -0.0258. The van der Waals surface area contributed by atoms with Gasteiger partial charge < -0.3 is 5.11 Å². The number of hydrogen-bond acceptors (Lipinski definition) is 1. The smallest absolute Gasteiger partial charge is 0.149 e. The first-order valence-electron chi connectivity index (χ1n) is 5.84. The summed E-state index contributed by atoms with van der Waals surface area (Å²) < 4.78 is 14.6. The molecule has 2 atom stereocenters. The molecule has 2 rings (SSSR count). The Hall–Kier alpha value is -0.120. The van der Waals surface area contributed by atoms with Crippen LogP contribution in [-0.4, -0.2) is 5.11 Å². The highest BCUT2D eigenvalue weighted by molar-refractivity contribution is 9.10. The van der Waals surface area contributed by atoms with Crippen molar-refractivity contribution in [3.8, 4) is 0 Å². The summed E-state index contributed by atoms with van der Waals surface area (Å²) in [6.45, 7) is 2.10. The molecule has 17 heavy (non-hydrogen) atoms. The molecule has 0 heterocycles. The Labute approximate surface area is 114 Å². The fraction of sp³-hybridized carbons (Fsp3) is 0.538. The molecule has 1 nitrogen and oxygen atoms in total. The molecule has 0 saturated heterocycles. The molecular weight excluding hydrogens is 306 g/mol. The summed E-state index contributed by atoms with van der Waals surface area (Å²) in [4.78, 5) is 0. The van der Waals surface area contributed by atoms with Crippen molar-refractivity contribution in [3.63, 3.8) is 0 Å². The fourth-order valence-corrected chi connectivity index (χ4v) is 3.07. The Morgan fingerprint density at radius 3 is 2.88 bits per heavy atom. The molecule has 0 spiro atoms. The average molecular weight is 322 g/mol. The molecule has 0 aliphatic heterocycles. The van der Waals surface area contributed by atoms with Crippen LogP contribution >= 0.6 is 27.5 Å². The van der Waals surface area contributed by atoms with Crippen LogP contribution in [0.15, 0.2) is 16.6 Å². The van der Waals surface area contributed by atoms with Gasteiger partial charge in [0, 0.05) is 10.0 Å². The second-order valence-corrected chi connectivity index (χ2v) is 6.00. The van der Waals surface area contributed by atoms with E-state index in [0.29, 0.717) is 28.8 Å². The number of benzene rings is 1. The van der Waals surface area contributed by atoms with Crippen molar-refractivity contribution in [1.29, 1.82) is 0 Å². The van der Waals surface area contributed by atoms with E-state index in [1.807, 2.05) is 0 Å². The molecule has 4 heteroatoms. The van der Waals surface area contributed by atoms with Crippen LogP contribution in [0.1, 0.15) is 38.2 Å². The summed E-state index contributed by atoms with van der Waals surface area (Å²) in [7, 11) is 0. The zero-order valence-corrected chi connectivity index (χ0v) is 12.0. The molecule has 0 aromatic heterocycles. The molecule has 1 aliphatic carbocycles. The monoisotopic (exact) mass is 320 g/mol. The van der Waals surface area contributed by atoms with E-state index in [4.69, 9.17) is 11.6 Å². The van der Waals surface area contributed by atoms with Gasteiger partial charge in [-0.05, 0) is 47.2 Å². The largest absolute Gasteiger partial charge is 0.385 e.